The van der Waals surface area contributed by atoms with Crippen LogP contribution in [0.5, 0.6) is 0 Å². The van der Waals surface area contributed by atoms with Crippen LogP contribution in [0.25, 0.3) is 0 Å². The lowest BCUT2D eigenvalue weighted by Gasteiger charge is -2.22. The predicted molar refractivity (Wildman–Crippen MR) is 174 cm³/mol. The molecule has 39 heavy (non-hydrogen) atoms. The van der Waals surface area contributed by atoms with Gasteiger partial charge in [0.05, 0.1) is 6.61 Å². The first-order chi connectivity index (χ1) is 19.0. The predicted octanol–water partition coefficient (Wildman–Crippen LogP) is 8.46. The van der Waals surface area contributed by atoms with Gasteiger partial charge in [-0.1, -0.05) is 116 Å². The van der Waals surface area contributed by atoms with Gasteiger partial charge >= 0.3 is 5.97 Å². The monoisotopic (exact) mass is 570 g/mol. The van der Waals surface area contributed by atoms with Gasteiger partial charge in [-0.3, -0.25) is 9.79 Å². The highest BCUT2D eigenvalue weighted by Crippen LogP contribution is 2.11. The quantitative estimate of drug-likeness (QED) is 0.0335. The minimum absolute atomic E-state index is 0.00101. The smallest absolute Gasteiger partial charge is 0.305 e. The van der Waals surface area contributed by atoms with E-state index in [0.717, 1.165) is 44.7 Å². The Balaban J connectivity index is 4.03. The van der Waals surface area contributed by atoms with Gasteiger partial charge in [-0.2, -0.15) is 0 Å². The van der Waals surface area contributed by atoms with E-state index in [1.165, 1.54) is 109 Å². The molecule has 0 rings (SSSR count). The summed E-state index contributed by atoms with van der Waals surface area (Å²) in [7, 11) is 4.07. The lowest BCUT2D eigenvalue weighted by molar-refractivity contribution is -0.143. The van der Waals surface area contributed by atoms with Crippen LogP contribution >= 0.6 is 11.9 Å². The van der Waals surface area contributed by atoms with E-state index in [1.807, 2.05) is 25.3 Å². The molecular formula is C32H66N4O2S. The summed E-state index contributed by atoms with van der Waals surface area (Å²) in [5.74, 6) is 0.950. The topological polar surface area (TPSA) is 57.2 Å². The highest BCUT2D eigenvalue weighted by atomic mass is 32.2. The summed E-state index contributed by atoms with van der Waals surface area (Å²) in [6.45, 7) is 9.53. The number of guanidine groups is 1. The first kappa shape index (κ1) is 38.0. The lowest BCUT2D eigenvalue weighted by Crippen LogP contribution is -2.32. The molecule has 0 aromatic heterocycles. The summed E-state index contributed by atoms with van der Waals surface area (Å²) in [5, 5.41) is 0. The van der Waals surface area contributed by atoms with Crippen molar-refractivity contribution in [3.05, 3.63) is 0 Å². The number of nitrogens with zero attached hydrogens (tertiary/aromatic N) is 3. The first-order valence-corrected chi connectivity index (χ1v) is 17.7. The second kappa shape index (κ2) is 30.0. The maximum Gasteiger partial charge on any atom is 0.305 e. The van der Waals surface area contributed by atoms with Crippen LogP contribution in [-0.2, 0) is 9.53 Å². The molecule has 0 fully saturated rings. The van der Waals surface area contributed by atoms with Crippen LogP contribution in [0.2, 0.25) is 0 Å². The number of unbranched alkanes of at least 4 members (excludes halogenated alkanes) is 15. The van der Waals surface area contributed by atoms with Crippen LogP contribution in [0, 0.1) is 0 Å². The molecular weight excluding hydrogens is 504 g/mol. The minimum Gasteiger partial charge on any atom is -0.466 e. The molecule has 0 aliphatic carbocycles. The van der Waals surface area contributed by atoms with Gasteiger partial charge in [0.15, 0.2) is 0 Å². The van der Waals surface area contributed by atoms with E-state index >= 15 is 0 Å². The van der Waals surface area contributed by atoms with E-state index in [-0.39, 0.29) is 5.97 Å². The molecule has 0 amide bonds. The molecule has 0 spiro atoms. The summed E-state index contributed by atoms with van der Waals surface area (Å²) >= 11 is 1.59. The third kappa shape index (κ3) is 27.0. The number of hydrogen-bond donors (Lipinski definition) is 1. The summed E-state index contributed by atoms with van der Waals surface area (Å²) < 4.78 is 8.69. The minimum atomic E-state index is -0.00101. The van der Waals surface area contributed by atoms with E-state index in [1.54, 1.807) is 11.9 Å². The van der Waals surface area contributed by atoms with Gasteiger partial charge in [-0.15, -0.1) is 0 Å². The van der Waals surface area contributed by atoms with Crippen LogP contribution in [0.15, 0.2) is 4.99 Å². The third-order valence-corrected chi connectivity index (χ3v) is 7.59. The fourth-order valence-corrected chi connectivity index (χ4v) is 5.17. The second-order valence-corrected chi connectivity index (χ2v) is 11.8. The molecule has 0 saturated heterocycles. The number of aliphatic imine (C=N–C) groups is 1. The summed E-state index contributed by atoms with van der Waals surface area (Å²) in [6, 6.07) is 0. The molecule has 0 atom stereocenters. The van der Waals surface area contributed by atoms with Crippen molar-refractivity contribution in [2.24, 2.45) is 4.99 Å². The Morgan fingerprint density at radius 3 is 1.72 bits per heavy atom. The summed E-state index contributed by atoms with van der Waals surface area (Å²) in [5.41, 5.74) is 0. The fraction of sp³-hybridized carbons (Fsp3) is 0.938. The molecule has 232 valence electrons. The van der Waals surface area contributed by atoms with Crippen molar-refractivity contribution in [2.45, 2.75) is 142 Å². The molecule has 0 aliphatic rings. The van der Waals surface area contributed by atoms with Gasteiger partial charge in [-0.25, -0.2) is 0 Å². The third-order valence-electron chi connectivity index (χ3n) is 7.21. The Bertz CT molecular complexity index is 560. The van der Waals surface area contributed by atoms with Crippen LogP contribution < -0.4 is 4.72 Å². The zero-order valence-corrected chi connectivity index (χ0v) is 27.6. The van der Waals surface area contributed by atoms with Crippen molar-refractivity contribution in [2.75, 3.05) is 53.1 Å². The molecule has 1 N–H and O–H groups in total. The molecule has 6 nitrogen and oxygen atoms in total. The van der Waals surface area contributed by atoms with Crippen LogP contribution in [0.3, 0.4) is 0 Å². The maximum atomic E-state index is 12.0. The first-order valence-electron chi connectivity index (χ1n) is 16.4. The molecule has 0 aromatic rings. The number of esters is 1. The molecule has 0 radical (unpaired) electrons. The van der Waals surface area contributed by atoms with Crippen LogP contribution in [0.1, 0.15) is 142 Å². The molecule has 0 heterocycles. The van der Waals surface area contributed by atoms with E-state index in [2.05, 4.69) is 23.5 Å². The van der Waals surface area contributed by atoms with Gasteiger partial charge in [0.1, 0.15) is 0 Å². The molecule has 7 heteroatoms. The zero-order chi connectivity index (χ0) is 28.8. The number of hydrogen-bond acceptors (Lipinski definition) is 5. The van der Waals surface area contributed by atoms with Crippen molar-refractivity contribution in [1.82, 2.24) is 14.5 Å². The maximum absolute atomic E-state index is 12.0. The highest BCUT2D eigenvalue weighted by molar-refractivity contribution is 7.97. The number of carbonyl (C=O) groups excluding carboxylic acids is 1. The van der Waals surface area contributed by atoms with Gasteiger partial charge in [0, 0.05) is 33.3 Å². The SMILES string of the molecule is CCCCCCCCCOC(=O)CCCCCCCN(CCCCCCCC)CCCN=C(NSC)N(C)C. The number of carbonyl (C=O) groups is 1. The van der Waals surface area contributed by atoms with Gasteiger partial charge in [-0.05, 0) is 51.7 Å². The van der Waals surface area contributed by atoms with Gasteiger partial charge < -0.3 is 19.3 Å². The Kier molecular flexibility index (Phi) is 29.3. The Labute approximate surface area is 248 Å². The zero-order valence-electron chi connectivity index (χ0n) is 26.7. The summed E-state index contributed by atoms with van der Waals surface area (Å²) in [6.07, 6.45) is 26.4. The molecule has 0 bridgehead atoms. The van der Waals surface area contributed by atoms with Crippen molar-refractivity contribution in [3.8, 4) is 0 Å². The normalized spacial score (nSPS) is 11.8. The fourth-order valence-electron chi connectivity index (χ4n) is 4.74. The van der Waals surface area contributed by atoms with Crippen molar-refractivity contribution >= 4 is 23.9 Å². The molecule has 0 saturated carbocycles. The number of nitrogens with one attached hydrogen (secondary N) is 1. The van der Waals surface area contributed by atoms with Gasteiger partial charge in [0.25, 0.3) is 0 Å². The number of rotatable bonds is 28. The highest BCUT2D eigenvalue weighted by Gasteiger charge is 2.07. The van der Waals surface area contributed by atoms with Crippen LogP contribution in [0.4, 0.5) is 0 Å². The molecule has 0 aromatic carbocycles. The van der Waals surface area contributed by atoms with Crippen LogP contribution in [-0.4, -0.2) is 74.9 Å². The second-order valence-electron chi connectivity index (χ2n) is 11.2. The average molecular weight is 571 g/mol. The van der Waals surface area contributed by atoms with Gasteiger partial charge in [0.2, 0.25) is 5.96 Å². The Morgan fingerprint density at radius 1 is 0.692 bits per heavy atom. The number of ether oxygens (including phenoxy) is 1. The van der Waals surface area contributed by atoms with Crippen molar-refractivity contribution in [3.63, 3.8) is 0 Å². The lowest BCUT2D eigenvalue weighted by atomic mass is 10.1. The van der Waals surface area contributed by atoms with E-state index < -0.39 is 0 Å². The average Bonchev–Trinajstić information content (AvgIpc) is 2.92. The molecule has 0 aliphatic heterocycles. The largest absolute Gasteiger partial charge is 0.466 e. The van der Waals surface area contributed by atoms with E-state index in [0.29, 0.717) is 13.0 Å². The Morgan fingerprint density at radius 2 is 1.18 bits per heavy atom. The molecule has 0 unspecified atom stereocenters. The van der Waals surface area contributed by atoms with E-state index in [9.17, 15) is 4.79 Å². The van der Waals surface area contributed by atoms with Crippen molar-refractivity contribution < 1.29 is 9.53 Å². The van der Waals surface area contributed by atoms with E-state index in [4.69, 9.17) is 9.73 Å². The summed E-state index contributed by atoms with van der Waals surface area (Å²) in [4.78, 5) is 21.4. The standard InChI is InChI=1S/C32H66N4O2S/c1-6-8-10-12-14-19-23-30-38-31(37)25-20-16-15-18-22-28-36(27-21-17-13-11-9-7-2)29-24-26-33-32(34-39-5)35(3)4/h6-30H2,1-5H3,(H,33,34). The van der Waals surface area contributed by atoms with Crippen molar-refractivity contribution in [1.29, 1.82) is 0 Å². The Hall–Kier alpha value is -0.950.